The molecule has 0 aromatic heterocycles. The van der Waals surface area contributed by atoms with E-state index in [0.29, 0.717) is 30.3 Å². The Bertz CT molecular complexity index is 716. The molecule has 29 heavy (non-hydrogen) atoms. The molecule has 5 rings (SSSR count). The summed E-state index contributed by atoms with van der Waals surface area (Å²) in [7, 11) is 0. The molecule has 1 aromatic carbocycles. The maximum absolute atomic E-state index is 12.7. The highest BCUT2D eigenvalue weighted by molar-refractivity contribution is 5.95. The van der Waals surface area contributed by atoms with Crippen LogP contribution in [0.25, 0.3) is 0 Å². The smallest absolute Gasteiger partial charge is 0.338 e. The number of carbonyl (C=O) groups is 2. The zero-order chi connectivity index (χ0) is 20.4. The van der Waals surface area contributed by atoms with E-state index in [1.165, 1.54) is 38.5 Å². The predicted octanol–water partition coefficient (Wildman–Crippen LogP) is 5.65. The highest BCUT2D eigenvalue weighted by Crippen LogP contribution is 2.60. The molecule has 4 bridgehead atoms. The molecule has 0 spiro atoms. The lowest BCUT2D eigenvalue weighted by atomic mass is 9.50. The van der Waals surface area contributed by atoms with E-state index in [-0.39, 0.29) is 17.4 Å². The van der Waals surface area contributed by atoms with Gasteiger partial charge in [-0.1, -0.05) is 19.9 Å². The summed E-state index contributed by atoms with van der Waals surface area (Å²) in [5.41, 5.74) is 1.06. The molecule has 0 saturated heterocycles. The fourth-order valence-electron chi connectivity index (χ4n) is 6.28. The normalized spacial score (nSPS) is 29.8. The molecule has 1 aromatic rings. The standard InChI is InChI=1S/C25H34O4/c1-17(2)5-4-8-28-23(26)21-6-3-7-22(12-21)24(27)29-16-25-13-18-9-19(14-25)11-20(10-18)15-25/h3,6-7,12,17-20H,4-5,8-11,13-16H2,1-2H3. The van der Waals surface area contributed by atoms with Gasteiger partial charge in [0.05, 0.1) is 24.3 Å². The molecule has 4 heteroatoms. The average molecular weight is 399 g/mol. The summed E-state index contributed by atoms with van der Waals surface area (Å²) >= 11 is 0. The van der Waals surface area contributed by atoms with Gasteiger partial charge in [0.2, 0.25) is 0 Å². The van der Waals surface area contributed by atoms with Gasteiger partial charge >= 0.3 is 11.9 Å². The number of carbonyl (C=O) groups excluding carboxylic acids is 2. The summed E-state index contributed by atoms with van der Waals surface area (Å²) in [6.45, 7) is 5.25. The molecule has 0 amide bonds. The second-order valence-corrected chi connectivity index (χ2v) is 10.2. The van der Waals surface area contributed by atoms with Crippen LogP contribution in [0, 0.1) is 29.1 Å². The topological polar surface area (TPSA) is 52.6 Å². The molecular formula is C25H34O4. The third-order valence-corrected chi connectivity index (χ3v) is 7.17. The first-order chi connectivity index (χ1) is 13.9. The van der Waals surface area contributed by atoms with E-state index >= 15 is 0 Å². The predicted molar refractivity (Wildman–Crippen MR) is 112 cm³/mol. The minimum atomic E-state index is -0.371. The van der Waals surface area contributed by atoms with Gasteiger partial charge in [-0.25, -0.2) is 9.59 Å². The fraction of sp³-hybridized carbons (Fsp3) is 0.680. The fourth-order valence-corrected chi connectivity index (χ4v) is 6.28. The van der Waals surface area contributed by atoms with Gasteiger partial charge in [0.25, 0.3) is 0 Å². The Morgan fingerprint density at radius 2 is 1.52 bits per heavy atom. The summed E-state index contributed by atoms with van der Waals surface area (Å²) in [5.74, 6) is 2.43. The molecule has 4 aliphatic rings. The van der Waals surface area contributed by atoms with Gasteiger partial charge in [-0.2, -0.15) is 0 Å². The molecule has 0 N–H and O–H groups in total. The van der Waals surface area contributed by atoms with Gasteiger partial charge in [-0.15, -0.1) is 0 Å². The van der Waals surface area contributed by atoms with Crippen molar-refractivity contribution in [3.8, 4) is 0 Å². The van der Waals surface area contributed by atoms with E-state index < -0.39 is 0 Å². The van der Waals surface area contributed by atoms with Crippen molar-refractivity contribution in [1.29, 1.82) is 0 Å². The molecule has 0 radical (unpaired) electrons. The minimum absolute atomic E-state index is 0.206. The van der Waals surface area contributed by atoms with E-state index in [4.69, 9.17) is 9.47 Å². The lowest BCUT2D eigenvalue weighted by molar-refractivity contribution is -0.0848. The van der Waals surface area contributed by atoms with E-state index in [0.717, 1.165) is 30.6 Å². The first-order valence-corrected chi connectivity index (χ1v) is 11.4. The van der Waals surface area contributed by atoms with Gasteiger partial charge in [-0.05, 0) is 93.2 Å². The summed E-state index contributed by atoms with van der Waals surface area (Å²) in [4.78, 5) is 25.0. The molecule has 4 fully saturated rings. The largest absolute Gasteiger partial charge is 0.462 e. The summed E-state index contributed by atoms with van der Waals surface area (Å²) in [6, 6.07) is 6.75. The van der Waals surface area contributed by atoms with Crippen molar-refractivity contribution >= 4 is 11.9 Å². The van der Waals surface area contributed by atoms with Crippen LogP contribution in [0.2, 0.25) is 0 Å². The third-order valence-electron chi connectivity index (χ3n) is 7.17. The van der Waals surface area contributed by atoms with E-state index in [1.54, 1.807) is 24.3 Å². The molecule has 158 valence electrons. The summed E-state index contributed by atoms with van der Waals surface area (Å²) < 4.78 is 11.1. The molecule has 0 atom stereocenters. The third kappa shape index (κ3) is 4.84. The zero-order valence-electron chi connectivity index (χ0n) is 17.8. The van der Waals surface area contributed by atoms with Crippen molar-refractivity contribution in [2.24, 2.45) is 29.1 Å². The van der Waals surface area contributed by atoms with Crippen LogP contribution in [0.1, 0.15) is 85.9 Å². The number of rotatable bonds is 8. The van der Waals surface area contributed by atoms with Crippen molar-refractivity contribution in [2.75, 3.05) is 13.2 Å². The number of benzene rings is 1. The maximum Gasteiger partial charge on any atom is 0.338 e. The lowest BCUT2D eigenvalue weighted by Gasteiger charge is -2.56. The van der Waals surface area contributed by atoms with E-state index in [2.05, 4.69) is 13.8 Å². The van der Waals surface area contributed by atoms with Crippen molar-refractivity contribution in [3.63, 3.8) is 0 Å². The van der Waals surface area contributed by atoms with Gasteiger partial charge < -0.3 is 9.47 Å². The molecule has 0 unspecified atom stereocenters. The second-order valence-electron chi connectivity index (χ2n) is 10.2. The molecular weight excluding hydrogens is 364 g/mol. The second kappa shape index (κ2) is 8.49. The van der Waals surface area contributed by atoms with Crippen molar-refractivity contribution in [3.05, 3.63) is 35.4 Å². The Hall–Kier alpha value is -1.84. The monoisotopic (exact) mass is 398 g/mol. The Morgan fingerprint density at radius 1 is 0.966 bits per heavy atom. The SMILES string of the molecule is CC(C)CCCOC(=O)c1cccc(C(=O)OCC23CC4CC(CC(C4)C2)C3)c1. The van der Waals surface area contributed by atoms with Crippen LogP contribution >= 0.6 is 0 Å². The quantitative estimate of drug-likeness (QED) is 0.419. The van der Waals surface area contributed by atoms with Crippen LogP contribution in [-0.2, 0) is 9.47 Å². The maximum atomic E-state index is 12.7. The Labute approximate surface area is 174 Å². The average Bonchev–Trinajstić information content (AvgIpc) is 2.68. The van der Waals surface area contributed by atoms with Crippen molar-refractivity contribution < 1.29 is 19.1 Å². The van der Waals surface area contributed by atoms with Crippen LogP contribution in [0.4, 0.5) is 0 Å². The van der Waals surface area contributed by atoms with Crippen LogP contribution in [0.3, 0.4) is 0 Å². The molecule has 4 aliphatic carbocycles. The van der Waals surface area contributed by atoms with Crippen LogP contribution < -0.4 is 0 Å². The van der Waals surface area contributed by atoms with E-state index in [1.807, 2.05) is 0 Å². The first-order valence-electron chi connectivity index (χ1n) is 11.4. The molecule has 0 heterocycles. The summed E-state index contributed by atoms with van der Waals surface area (Å²) in [6.07, 6.45) is 9.69. The summed E-state index contributed by atoms with van der Waals surface area (Å²) in [5, 5.41) is 0. The molecule has 0 aliphatic heterocycles. The van der Waals surface area contributed by atoms with Gasteiger partial charge in [0.1, 0.15) is 0 Å². The minimum Gasteiger partial charge on any atom is -0.462 e. The lowest BCUT2D eigenvalue weighted by Crippen LogP contribution is -2.48. The number of ether oxygens (including phenoxy) is 2. The Balaban J connectivity index is 1.31. The van der Waals surface area contributed by atoms with Crippen LogP contribution in [0.5, 0.6) is 0 Å². The highest BCUT2D eigenvalue weighted by atomic mass is 16.5. The number of hydrogen-bond donors (Lipinski definition) is 0. The first kappa shape index (κ1) is 20.4. The number of hydrogen-bond acceptors (Lipinski definition) is 4. The van der Waals surface area contributed by atoms with E-state index in [9.17, 15) is 9.59 Å². The van der Waals surface area contributed by atoms with Gasteiger partial charge in [0, 0.05) is 5.41 Å². The van der Waals surface area contributed by atoms with Crippen LogP contribution in [0.15, 0.2) is 24.3 Å². The van der Waals surface area contributed by atoms with Gasteiger partial charge in [-0.3, -0.25) is 0 Å². The van der Waals surface area contributed by atoms with Crippen LogP contribution in [-0.4, -0.2) is 25.2 Å². The Morgan fingerprint density at radius 3 is 2.07 bits per heavy atom. The van der Waals surface area contributed by atoms with Crippen molar-refractivity contribution in [2.45, 2.75) is 65.2 Å². The van der Waals surface area contributed by atoms with Gasteiger partial charge in [0.15, 0.2) is 0 Å². The number of esters is 2. The van der Waals surface area contributed by atoms with Crippen molar-refractivity contribution in [1.82, 2.24) is 0 Å². The highest BCUT2D eigenvalue weighted by Gasteiger charge is 2.51. The Kier molecular flexibility index (Phi) is 5.98. The molecule has 4 nitrogen and oxygen atoms in total. The zero-order valence-corrected chi connectivity index (χ0v) is 17.8. The molecule has 4 saturated carbocycles.